The smallest absolute Gasteiger partial charge is 0.293 e. The van der Waals surface area contributed by atoms with Crippen LogP contribution in [-0.4, -0.2) is 10.8 Å². The number of rotatable bonds is 2. The van der Waals surface area contributed by atoms with Crippen molar-refractivity contribution in [3.63, 3.8) is 0 Å². The summed E-state index contributed by atoms with van der Waals surface area (Å²) in [5.74, 6) is -0.281. The Morgan fingerprint density at radius 3 is 2.26 bits per heavy atom. The Hall–Kier alpha value is -0.910. The zero-order valence-electron chi connectivity index (χ0n) is 10.5. The van der Waals surface area contributed by atoms with Crippen molar-refractivity contribution >= 4 is 17.1 Å². The van der Waals surface area contributed by atoms with Gasteiger partial charge in [-0.2, -0.15) is 13.2 Å². The van der Waals surface area contributed by atoms with Crippen LogP contribution in [0.3, 0.4) is 0 Å². The van der Waals surface area contributed by atoms with Gasteiger partial charge < -0.3 is 0 Å². The molecule has 0 radical (unpaired) electrons. The fourth-order valence-corrected chi connectivity index (χ4v) is 3.24. The van der Waals surface area contributed by atoms with Gasteiger partial charge in [0, 0.05) is 12.1 Å². The van der Waals surface area contributed by atoms with E-state index in [4.69, 9.17) is 0 Å². The first-order valence-electron chi connectivity index (χ1n) is 6.55. The predicted molar refractivity (Wildman–Crippen MR) is 67.3 cm³/mol. The average molecular weight is 291 g/mol. The summed E-state index contributed by atoms with van der Waals surface area (Å²) in [5.41, 5.74) is 0. The van der Waals surface area contributed by atoms with Crippen LogP contribution in [0.2, 0.25) is 0 Å². The molecule has 1 aliphatic carbocycles. The predicted octanol–water partition coefficient (Wildman–Crippen LogP) is 4.71. The van der Waals surface area contributed by atoms with E-state index in [1.54, 1.807) is 0 Å². The topological polar surface area (TPSA) is 30.0 Å². The Kier molecular flexibility index (Phi) is 4.60. The van der Waals surface area contributed by atoms with E-state index in [2.05, 4.69) is 4.98 Å². The number of alkyl halides is 3. The number of carbonyl (C=O) groups is 1. The van der Waals surface area contributed by atoms with E-state index in [-0.39, 0.29) is 16.6 Å². The highest BCUT2D eigenvalue weighted by molar-refractivity contribution is 7.13. The SMILES string of the molecule is O=C(c1cnc(C(F)(F)F)s1)C1CCCCCCC1. The lowest BCUT2D eigenvalue weighted by atomic mass is 9.88. The molecule has 1 aromatic rings. The third-order valence-corrected chi connectivity index (χ3v) is 4.52. The summed E-state index contributed by atoms with van der Waals surface area (Å²) in [5, 5.41) is -0.929. The highest BCUT2D eigenvalue weighted by Crippen LogP contribution is 2.34. The molecule has 0 spiro atoms. The maximum absolute atomic E-state index is 12.5. The normalized spacial score (nSPS) is 18.9. The fraction of sp³-hybridized carbons (Fsp3) is 0.692. The van der Waals surface area contributed by atoms with Crippen molar-refractivity contribution in [3.05, 3.63) is 16.1 Å². The van der Waals surface area contributed by atoms with E-state index in [9.17, 15) is 18.0 Å². The van der Waals surface area contributed by atoms with Gasteiger partial charge in [-0.1, -0.05) is 32.1 Å². The molecule has 1 fully saturated rings. The van der Waals surface area contributed by atoms with Crippen molar-refractivity contribution in [2.24, 2.45) is 5.92 Å². The Morgan fingerprint density at radius 2 is 1.74 bits per heavy atom. The van der Waals surface area contributed by atoms with Crippen molar-refractivity contribution in [1.29, 1.82) is 0 Å². The molecule has 106 valence electrons. The molecule has 1 aromatic heterocycles. The number of halogens is 3. The van der Waals surface area contributed by atoms with Crippen molar-refractivity contribution in [3.8, 4) is 0 Å². The molecule has 0 N–H and O–H groups in total. The summed E-state index contributed by atoms with van der Waals surface area (Å²) in [6.07, 6.45) is 3.60. The Bertz CT molecular complexity index is 433. The van der Waals surface area contributed by atoms with Gasteiger partial charge in [0.1, 0.15) is 0 Å². The second kappa shape index (κ2) is 6.03. The van der Waals surface area contributed by atoms with Crippen molar-refractivity contribution < 1.29 is 18.0 Å². The second-order valence-electron chi connectivity index (χ2n) is 4.93. The van der Waals surface area contributed by atoms with Gasteiger partial charge in [0.2, 0.25) is 0 Å². The van der Waals surface area contributed by atoms with Crippen LogP contribution in [0.15, 0.2) is 6.20 Å². The molecule has 1 heterocycles. The van der Waals surface area contributed by atoms with Crippen LogP contribution < -0.4 is 0 Å². The van der Waals surface area contributed by atoms with Gasteiger partial charge in [0.15, 0.2) is 10.8 Å². The number of hydrogen-bond donors (Lipinski definition) is 0. The molecule has 1 saturated carbocycles. The largest absolute Gasteiger partial charge is 0.443 e. The average Bonchev–Trinajstić information content (AvgIpc) is 2.76. The molecular weight excluding hydrogens is 275 g/mol. The maximum Gasteiger partial charge on any atom is 0.443 e. The second-order valence-corrected chi connectivity index (χ2v) is 5.96. The number of carbonyl (C=O) groups excluding carboxylic acids is 1. The molecule has 2 rings (SSSR count). The molecule has 0 aromatic carbocycles. The summed E-state index contributed by atoms with van der Waals surface area (Å²) in [6, 6.07) is 0. The number of hydrogen-bond acceptors (Lipinski definition) is 3. The zero-order valence-corrected chi connectivity index (χ0v) is 11.3. The minimum Gasteiger partial charge on any atom is -0.293 e. The van der Waals surface area contributed by atoms with E-state index in [0.717, 1.165) is 44.7 Å². The van der Waals surface area contributed by atoms with E-state index in [1.807, 2.05) is 0 Å². The van der Waals surface area contributed by atoms with Crippen LogP contribution >= 0.6 is 11.3 Å². The van der Waals surface area contributed by atoms with Crippen LogP contribution in [0.1, 0.15) is 59.6 Å². The fourth-order valence-electron chi connectivity index (χ4n) is 2.44. The molecule has 19 heavy (non-hydrogen) atoms. The van der Waals surface area contributed by atoms with Crippen molar-refractivity contribution in [2.45, 2.75) is 51.1 Å². The van der Waals surface area contributed by atoms with Crippen molar-refractivity contribution in [1.82, 2.24) is 4.98 Å². The molecule has 0 unspecified atom stereocenters. The first kappa shape index (κ1) is 14.5. The van der Waals surface area contributed by atoms with Gasteiger partial charge in [-0.25, -0.2) is 4.98 Å². The lowest BCUT2D eigenvalue weighted by molar-refractivity contribution is -0.137. The molecule has 0 amide bonds. The van der Waals surface area contributed by atoms with Crippen LogP contribution in [0, 0.1) is 5.92 Å². The molecule has 6 heteroatoms. The van der Waals surface area contributed by atoms with Gasteiger partial charge in [0.25, 0.3) is 0 Å². The summed E-state index contributed by atoms with van der Waals surface area (Å²) in [7, 11) is 0. The molecular formula is C13H16F3NOS. The molecule has 0 aliphatic heterocycles. The molecule has 0 atom stereocenters. The van der Waals surface area contributed by atoms with Gasteiger partial charge in [-0.05, 0) is 12.8 Å². The summed E-state index contributed by atoms with van der Waals surface area (Å²) >= 11 is 0.468. The quantitative estimate of drug-likeness (QED) is 0.739. The summed E-state index contributed by atoms with van der Waals surface area (Å²) < 4.78 is 37.4. The molecule has 2 nitrogen and oxygen atoms in total. The number of ketones is 1. The van der Waals surface area contributed by atoms with E-state index < -0.39 is 11.2 Å². The first-order chi connectivity index (χ1) is 8.98. The van der Waals surface area contributed by atoms with Gasteiger partial charge in [-0.3, -0.25) is 4.79 Å². The summed E-state index contributed by atoms with van der Waals surface area (Å²) in [6.45, 7) is 0. The molecule has 0 saturated heterocycles. The van der Waals surface area contributed by atoms with Crippen LogP contribution in [0.25, 0.3) is 0 Å². The third-order valence-electron chi connectivity index (χ3n) is 3.47. The Labute approximate surface area is 114 Å². The number of thiazole rings is 1. The van der Waals surface area contributed by atoms with Crippen molar-refractivity contribution in [2.75, 3.05) is 0 Å². The summed E-state index contributed by atoms with van der Waals surface area (Å²) in [4.78, 5) is 15.7. The monoisotopic (exact) mass is 291 g/mol. The number of Topliss-reactive ketones (excluding diaryl/α,β-unsaturated/α-hetero) is 1. The van der Waals surface area contributed by atoms with Gasteiger partial charge in [-0.15, -0.1) is 11.3 Å². The highest BCUT2D eigenvalue weighted by atomic mass is 32.1. The van der Waals surface area contributed by atoms with Crippen LogP contribution in [0.5, 0.6) is 0 Å². The van der Waals surface area contributed by atoms with E-state index in [1.165, 1.54) is 6.42 Å². The standard InChI is InChI=1S/C13H16F3NOS/c14-13(15,16)12-17-8-10(19-12)11(18)9-6-4-2-1-3-5-7-9/h8-9H,1-7H2. The number of aromatic nitrogens is 1. The lowest BCUT2D eigenvalue weighted by Crippen LogP contribution is -2.15. The first-order valence-corrected chi connectivity index (χ1v) is 7.37. The Balaban J connectivity index is 2.07. The third kappa shape index (κ3) is 3.78. The van der Waals surface area contributed by atoms with Gasteiger partial charge in [0.05, 0.1) is 4.88 Å². The van der Waals surface area contributed by atoms with E-state index in [0.29, 0.717) is 11.3 Å². The maximum atomic E-state index is 12.5. The number of nitrogens with zero attached hydrogens (tertiary/aromatic N) is 1. The molecule has 1 aliphatic rings. The lowest BCUT2D eigenvalue weighted by Gasteiger charge is -2.17. The van der Waals surface area contributed by atoms with E-state index >= 15 is 0 Å². The van der Waals surface area contributed by atoms with Crippen LogP contribution in [-0.2, 0) is 6.18 Å². The minimum atomic E-state index is -4.45. The van der Waals surface area contributed by atoms with Crippen LogP contribution in [0.4, 0.5) is 13.2 Å². The van der Waals surface area contributed by atoms with Gasteiger partial charge >= 0.3 is 6.18 Å². The minimum absolute atomic E-state index is 0.123. The Morgan fingerprint density at radius 1 is 1.16 bits per heavy atom. The highest BCUT2D eigenvalue weighted by Gasteiger charge is 2.35. The molecule has 0 bridgehead atoms. The zero-order chi connectivity index (χ0) is 13.9.